The zero-order chi connectivity index (χ0) is 13.7. The Morgan fingerprint density at radius 3 is 2.95 bits per heavy atom. The minimum atomic E-state index is -0.0584. The predicted molar refractivity (Wildman–Crippen MR) is 74.3 cm³/mol. The number of carbonyl (C=O) groups is 1. The third-order valence-electron chi connectivity index (χ3n) is 3.63. The molecule has 2 rings (SSSR count). The van der Waals surface area contributed by atoms with E-state index >= 15 is 0 Å². The average molecular weight is 262 g/mol. The van der Waals surface area contributed by atoms with E-state index in [2.05, 4.69) is 4.98 Å². The molecule has 2 atom stereocenters. The van der Waals surface area contributed by atoms with Crippen LogP contribution >= 0.6 is 0 Å². The third kappa shape index (κ3) is 3.53. The van der Waals surface area contributed by atoms with Crippen LogP contribution in [-0.2, 0) is 0 Å². The number of hydrogen-bond acceptors (Lipinski definition) is 4. The van der Waals surface area contributed by atoms with Gasteiger partial charge in [0.1, 0.15) is 5.75 Å². The molecule has 0 aromatic carbocycles. The Labute approximate surface area is 114 Å². The first kappa shape index (κ1) is 14.0. The number of rotatable bonds is 5. The predicted octanol–water partition coefficient (Wildman–Crippen LogP) is 2.57. The summed E-state index contributed by atoms with van der Waals surface area (Å²) in [7, 11) is 0. The first-order valence-corrected chi connectivity index (χ1v) is 7.10. The average Bonchev–Trinajstić information content (AvgIpc) is 2.45. The summed E-state index contributed by atoms with van der Waals surface area (Å²) < 4.78 is 5.51. The highest BCUT2D eigenvalue weighted by atomic mass is 16.5. The van der Waals surface area contributed by atoms with Crippen molar-refractivity contribution in [2.45, 2.75) is 45.1 Å². The Bertz CT molecular complexity index is 434. The summed E-state index contributed by atoms with van der Waals surface area (Å²) in [4.78, 5) is 16.6. The Hall–Kier alpha value is -1.42. The molecule has 1 fully saturated rings. The fourth-order valence-electron chi connectivity index (χ4n) is 2.55. The Balaban J connectivity index is 2.09. The number of aromatic nitrogens is 1. The van der Waals surface area contributed by atoms with Gasteiger partial charge >= 0.3 is 0 Å². The number of pyridine rings is 1. The van der Waals surface area contributed by atoms with Gasteiger partial charge in [0.2, 0.25) is 0 Å². The molecule has 1 aromatic rings. The van der Waals surface area contributed by atoms with Crippen LogP contribution in [0.25, 0.3) is 0 Å². The van der Waals surface area contributed by atoms with Crippen LogP contribution in [0.3, 0.4) is 0 Å². The van der Waals surface area contributed by atoms with Gasteiger partial charge in [0, 0.05) is 23.7 Å². The normalized spacial score (nSPS) is 23.1. The van der Waals surface area contributed by atoms with E-state index in [1.807, 2.05) is 6.92 Å². The minimum Gasteiger partial charge on any atom is -0.492 e. The van der Waals surface area contributed by atoms with E-state index in [9.17, 15) is 4.79 Å². The van der Waals surface area contributed by atoms with Crippen LogP contribution < -0.4 is 10.5 Å². The van der Waals surface area contributed by atoms with E-state index in [-0.39, 0.29) is 17.7 Å². The van der Waals surface area contributed by atoms with Gasteiger partial charge in [-0.3, -0.25) is 9.78 Å². The lowest BCUT2D eigenvalue weighted by atomic mass is 9.80. The van der Waals surface area contributed by atoms with Crippen LogP contribution in [-0.4, -0.2) is 23.4 Å². The molecular weight excluding hydrogens is 240 g/mol. The van der Waals surface area contributed by atoms with Crippen LogP contribution in [0.2, 0.25) is 0 Å². The minimum absolute atomic E-state index is 0.0125. The number of ketones is 1. The molecular formula is C15H22N2O2. The lowest BCUT2D eigenvalue weighted by Gasteiger charge is -2.27. The first-order chi connectivity index (χ1) is 9.22. The van der Waals surface area contributed by atoms with Crippen molar-refractivity contribution in [1.82, 2.24) is 4.98 Å². The van der Waals surface area contributed by atoms with Crippen molar-refractivity contribution in [2.75, 3.05) is 6.61 Å². The van der Waals surface area contributed by atoms with Crippen LogP contribution in [0.1, 0.15) is 49.4 Å². The molecule has 0 amide bonds. The number of nitrogens with zero attached hydrogens (tertiary/aromatic N) is 1. The Kier molecular flexibility index (Phi) is 4.91. The van der Waals surface area contributed by atoms with Crippen molar-refractivity contribution in [3.8, 4) is 5.75 Å². The largest absolute Gasteiger partial charge is 0.492 e. The zero-order valence-electron chi connectivity index (χ0n) is 11.5. The van der Waals surface area contributed by atoms with Crippen molar-refractivity contribution in [1.29, 1.82) is 0 Å². The molecule has 104 valence electrons. The van der Waals surface area contributed by atoms with Gasteiger partial charge in [-0.2, -0.15) is 0 Å². The first-order valence-electron chi connectivity index (χ1n) is 7.10. The second-order valence-electron chi connectivity index (χ2n) is 5.18. The maximum Gasteiger partial charge on any atom is 0.169 e. The monoisotopic (exact) mass is 262 g/mol. The molecule has 0 bridgehead atoms. The molecule has 2 N–H and O–H groups in total. The fraction of sp³-hybridized carbons (Fsp3) is 0.600. The Morgan fingerprint density at radius 1 is 1.42 bits per heavy atom. The molecule has 1 aliphatic rings. The number of Topliss-reactive ketones (excluding diaryl/α,β-unsaturated/α-hetero) is 1. The van der Waals surface area contributed by atoms with E-state index in [1.165, 1.54) is 0 Å². The number of ether oxygens (including phenoxy) is 1. The van der Waals surface area contributed by atoms with Crippen LogP contribution in [0.15, 0.2) is 18.5 Å². The van der Waals surface area contributed by atoms with Crippen molar-refractivity contribution < 1.29 is 9.53 Å². The fourth-order valence-corrected chi connectivity index (χ4v) is 2.55. The summed E-state index contributed by atoms with van der Waals surface area (Å²) in [6.07, 6.45) is 8.24. The summed E-state index contributed by atoms with van der Waals surface area (Å²) in [6, 6.07) is 1.77. The van der Waals surface area contributed by atoms with Crippen molar-refractivity contribution in [2.24, 2.45) is 11.7 Å². The van der Waals surface area contributed by atoms with E-state index in [1.54, 1.807) is 18.5 Å². The summed E-state index contributed by atoms with van der Waals surface area (Å²) in [6.45, 7) is 2.69. The topological polar surface area (TPSA) is 65.2 Å². The second kappa shape index (κ2) is 6.66. The number of carbonyl (C=O) groups excluding carboxylic acids is 1. The molecule has 0 saturated heterocycles. The molecule has 4 nitrogen and oxygen atoms in total. The number of hydrogen-bond donors (Lipinski definition) is 1. The van der Waals surface area contributed by atoms with Gasteiger partial charge in [-0.15, -0.1) is 0 Å². The summed E-state index contributed by atoms with van der Waals surface area (Å²) in [5, 5.41) is 0. The zero-order valence-corrected chi connectivity index (χ0v) is 11.5. The van der Waals surface area contributed by atoms with Gasteiger partial charge in [0.05, 0.1) is 12.8 Å². The third-order valence-corrected chi connectivity index (χ3v) is 3.63. The van der Waals surface area contributed by atoms with E-state index < -0.39 is 0 Å². The van der Waals surface area contributed by atoms with Gasteiger partial charge in [-0.1, -0.05) is 19.8 Å². The molecule has 1 heterocycles. The lowest BCUT2D eigenvalue weighted by molar-refractivity contribution is 0.0870. The Morgan fingerprint density at radius 2 is 2.21 bits per heavy atom. The molecule has 0 aliphatic heterocycles. The molecule has 19 heavy (non-hydrogen) atoms. The molecule has 0 radical (unpaired) electrons. The van der Waals surface area contributed by atoms with Crippen molar-refractivity contribution in [3.63, 3.8) is 0 Å². The van der Waals surface area contributed by atoms with Crippen LogP contribution in [0.5, 0.6) is 5.75 Å². The van der Waals surface area contributed by atoms with Crippen molar-refractivity contribution in [3.05, 3.63) is 24.0 Å². The molecule has 1 aromatic heterocycles. The number of nitrogens with two attached hydrogens (primary N) is 1. The highest BCUT2D eigenvalue weighted by Crippen LogP contribution is 2.27. The van der Waals surface area contributed by atoms with Crippen LogP contribution in [0.4, 0.5) is 0 Å². The maximum atomic E-state index is 12.5. The molecule has 2 unspecified atom stereocenters. The van der Waals surface area contributed by atoms with Gasteiger partial charge < -0.3 is 10.5 Å². The van der Waals surface area contributed by atoms with Gasteiger partial charge in [-0.25, -0.2) is 0 Å². The standard InChI is InChI=1S/C15H22N2O2/c1-2-7-19-12-8-11(9-17-10-12)15(18)13-5-3-4-6-14(13)16/h8-10,13-14H,2-7,16H2,1H3. The van der Waals surface area contributed by atoms with Crippen LogP contribution in [0, 0.1) is 5.92 Å². The van der Waals surface area contributed by atoms with Gasteiger partial charge in [0.25, 0.3) is 0 Å². The molecule has 0 spiro atoms. The SMILES string of the molecule is CCCOc1cncc(C(=O)C2CCCCC2N)c1. The van der Waals surface area contributed by atoms with Crippen molar-refractivity contribution >= 4 is 5.78 Å². The molecule has 1 aliphatic carbocycles. The van der Waals surface area contributed by atoms with E-state index in [0.717, 1.165) is 32.1 Å². The summed E-state index contributed by atoms with van der Waals surface area (Å²) in [5.41, 5.74) is 6.68. The molecule has 4 heteroatoms. The summed E-state index contributed by atoms with van der Waals surface area (Å²) in [5.74, 6) is 0.718. The highest BCUT2D eigenvalue weighted by molar-refractivity contribution is 5.98. The quantitative estimate of drug-likeness (QED) is 0.828. The lowest BCUT2D eigenvalue weighted by Crippen LogP contribution is -2.38. The van der Waals surface area contributed by atoms with E-state index in [4.69, 9.17) is 10.5 Å². The molecule has 1 saturated carbocycles. The second-order valence-corrected chi connectivity index (χ2v) is 5.18. The van der Waals surface area contributed by atoms with E-state index in [0.29, 0.717) is 17.9 Å². The smallest absolute Gasteiger partial charge is 0.169 e. The van der Waals surface area contributed by atoms with Gasteiger partial charge in [-0.05, 0) is 25.3 Å². The maximum absolute atomic E-state index is 12.5. The van der Waals surface area contributed by atoms with Gasteiger partial charge in [0.15, 0.2) is 5.78 Å². The summed E-state index contributed by atoms with van der Waals surface area (Å²) >= 11 is 0. The highest BCUT2D eigenvalue weighted by Gasteiger charge is 2.29.